The lowest BCUT2D eigenvalue weighted by Gasteiger charge is -2.11. The van der Waals surface area contributed by atoms with Crippen LogP contribution in [0.1, 0.15) is 21.5 Å². The molecule has 0 aliphatic carbocycles. The monoisotopic (exact) mass is 473 g/mol. The first-order valence-electron chi connectivity index (χ1n) is 10.9. The van der Waals surface area contributed by atoms with Gasteiger partial charge in [-0.2, -0.15) is 0 Å². The van der Waals surface area contributed by atoms with Gasteiger partial charge in [-0.3, -0.25) is 10.2 Å². The van der Waals surface area contributed by atoms with Crippen LogP contribution in [0.2, 0.25) is 0 Å². The number of hydrogen-bond acceptors (Lipinski definition) is 6. The number of pyridine rings is 1. The smallest absolute Gasteiger partial charge is 0.261 e. The number of carbonyl (C=O) groups excluding carboxylic acids is 1. The van der Waals surface area contributed by atoms with E-state index in [0.717, 1.165) is 17.2 Å². The molecular weight excluding hydrogens is 452 g/mol. The van der Waals surface area contributed by atoms with Crippen LogP contribution in [0.5, 0.6) is 0 Å². The van der Waals surface area contributed by atoms with E-state index in [9.17, 15) is 9.18 Å². The summed E-state index contributed by atoms with van der Waals surface area (Å²) < 4.78 is 35.5. The summed E-state index contributed by atoms with van der Waals surface area (Å²) in [6.45, 7) is 0.873. The molecule has 4 N–H and O–H groups in total. The van der Waals surface area contributed by atoms with Crippen LogP contribution in [0.4, 0.5) is 26.0 Å². The van der Waals surface area contributed by atoms with Crippen LogP contribution >= 0.6 is 0 Å². The number of halogens is 2. The molecule has 0 atom stereocenters. The number of benzene rings is 3. The summed E-state index contributed by atoms with van der Waals surface area (Å²) in [6.07, 6.45) is 0. The van der Waals surface area contributed by atoms with E-state index in [0.29, 0.717) is 30.4 Å². The van der Waals surface area contributed by atoms with Gasteiger partial charge in [-0.15, -0.1) is 5.53 Å². The highest BCUT2D eigenvalue weighted by atomic mass is 19.1. The summed E-state index contributed by atoms with van der Waals surface area (Å²) in [5.74, 6) is -2.38. The molecule has 0 saturated carbocycles. The molecule has 4 aromatic rings. The average molecular weight is 473 g/mol. The highest BCUT2D eigenvalue weighted by molar-refractivity contribution is 6.05. The van der Waals surface area contributed by atoms with Gasteiger partial charge in [-0.25, -0.2) is 13.8 Å². The second-order valence-corrected chi connectivity index (χ2v) is 7.88. The van der Waals surface area contributed by atoms with Crippen LogP contribution in [-0.2, 0) is 18.0 Å². The van der Waals surface area contributed by atoms with Crippen molar-refractivity contribution in [3.63, 3.8) is 0 Å². The number of nitrogens with one attached hydrogen (secondary N) is 4. The van der Waals surface area contributed by atoms with Gasteiger partial charge in [0.15, 0.2) is 5.82 Å². The molecule has 3 aromatic carbocycles. The van der Waals surface area contributed by atoms with E-state index < -0.39 is 23.1 Å². The van der Waals surface area contributed by atoms with Crippen LogP contribution in [0.15, 0.2) is 78.9 Å². The quantitative estimate of drug-likeness (QED) is 0.293. The Morgan fingerprint density at radius 3 is 2.37 bits per heavy atom. The number of anilines is 3. The number of carbonyl (C=O) groups is 1. The van der Waals surface area contributed by atoms with E-state index in [-0.39, 0.29) is 11.3 Å². The summed E-state index contributed by atoms with van der Waals surface area (Å²) in [5, 5.41) is 2.56. The minimum absolute atomic E-state index is 0.0129. The molecule has 176 valence electrons. The Morgan fingerprint density at radius 1 is 0.857 bits per heavy atom. The molecule has 1 aliphatic heterocycles. The van der Waals surface area contributed by atoms with Crippen molar-refractivity contribution in [1.82, 2.24) is 10.5 Å². The minimum atomic E-state index is -0.986. The van der Waals surface area contributed by atoms with Gasteiger partial charge in [0.2, 0.25) is 0 Å². The Labute approximate surface area is 200 Å². The Balaban J connectivity index is 1.27. The Hall–Kier alpha value is -4.34. The summed E-state index contributed by atoms with van der Waals surface area (Å²) in [7, 11) is 0. The zero-order valence-corrected chi connectivity index (χ0v) is 18.4. The lowest BCUT2D eigenvalue weighted by Crippen LogP contribution is -2.19. The summed E-state index contributed by atoms with van der Waals surface area (Å²) in [4.78, 5) is 17.1. The minimum Gasteiger partial charge on any atom is -0.372 e. The third-order valence-corrected chi connectivity index (χ3v) is 5.46. The van der Waals surface area contributed by atoms with Crippen LogP contribution in [-0.4, -0.2) is 10.9 Å². The molecule has 0 unspecified atom stereocenters. The van der Waals surface area contributed by atoms with Gasteiger partial charge in [-0.1, -0.05) is 42.5 Å². The van der Waals surface area contributed by atoms with Crippen LogP contribution in [0.25, 0.3) is 11.3 Å². The van der Waals surface area contributed by atoms with Crippen molar-refractivity contribution in [3.8, 4) is 11.3 Å². The molecule has 0 spiro atoms. The normalized spacial score (nSPS) is 11.9. The summed E-state index contributed by atoms with van der Waals surface area (Å²) >= 11 is 0. The van der Waals surface area contributed by atoms with E-state index in [2.05, 4.69) is 26.7 Å². The largest absolute Gasteiger partial charge is 0.372 e. The molecule has 0 saturated heterocycles. The fourth-order valence-corrected chi connectivity index (χ4v) is 3.66. The van der Waals surface area contributed by atoms with E-state index >= 15 is 4.39 Å². The summed E-state index contributed by atoms with van der Waals surface area (Å²) in [6, 6.07) is 22.3. The fraction of sp³-hybridized carbons (Fsp3) is 0.0769. The first-order valence-corrected chi connectivity index (χ1v) is 10.9. The lowest BCUT2D eigenvalue weighted by atomic mass is 10.0. The van der Waals surface area contributed by atoms with Gasteiger partial charge in [-0.05, 0) is 47.5 Å². The van der Waals surface area contributed by atoms with Gasteiger partial charge < -0.3 is 15.5 Å². The van der Waals surface area contributed by atoms with Crippen molar-refractivity contribution < 1.29 is 18.3 Å². The van der Waals surface area contributed by atoms with Crippen molar-refractivity contribution in [3.05, 3.63) is 107 Å². The number of aromatic nitrogens is 1. The topological polar surface area (TPSA) is 87.3 Å². The molecule has 0 bridgehead atoms. The summed E-state index contributed by atoms with van der Waals surface area (Å²) in [5.41, 5.74) is 10.9. The number of hydrogen-bond donors (Lipinski definition) is 4. The molecule has 5 rings (SSSR count). The molecule has 35 heavy (non-hydrogen) atoms. The number of hydrazine groups is 2. The lowest BCUT2D eigenvalue weighted by molar-refractivity contribution is 0.101. The van der Waals surface area contributed by atoms with Gasteiger partial charge in [0, 0.05) is 11.3 Å². The molecule has 7 nitrogen and oxygen atoms in total. The Kier molecular flexibility index (Phi) is 6.34. The first-order chi connectivity index (χ1) is 17.1. The number of nitrogens with zero attached hydrogens (tertiary/aromatic N) is 1. The maximum absolute atomic E-state index is 15.3. The number of rotatable bonds is 7. The maximum Gasteiger partial charge on any atom is 0.261 e. The van der Waals surface area contributed by atoms with Crippen LogP contribution in [0.3, 0.4) is 0 Å². The fourth-order valence-electron chi connectivity index (χ4n) is 3.66. The van der Waals surface area contributed by atoms with Gasteiger partial charge in [0.25, 0.3) is 5.91 Å². The molecule has 0 radical (unpaired) electrons. The van der Waals surface area contributed by atoms with Gasteiger partial charge >= 0.3 is 0 Å². The third-order valence-electron chi connectivity index (χ3n) is 5.46. The molecule has 9 heteroatoms. The van der Waals surface area contributed by atoms with Gasteiger partial charge in [0.1, 0.15) is 17.2 Å². The third kappa shape index (κ3) is 4.96. The van der Waals surface area contributed by atoms with E-state index in [1.807, 2.05) is 30.3 Å². The van der Waals surface area contributed by atoms with E-state index in [1.54, 1.807) is 36.4 Å². The predicted octanol–water partition coefficient (Wildman–Crippen LogP) is 5.25. The molecular formula is C26H21F2N5O2. The SMILES string of the molecule is O=C(Nc1ccc(COCc2ccccc2)cc1)c1c(F)ccc(-c2ccc3c(n2)NNN3)c1F. The van der Waals surface area contributed by atoms with Crippen molar-refractivity contribution in [2.45, 2.75) is 13.2 Å². The molecule has 2 heterocycles. The number of ether oxygens (including phenoxy) is 1. The highest BCUT2D eigenvalue weighted by Crippen LogP contribution is 2.30. The van der Waals surface area contributed by atoms with Crippen molar-refractivity contribution >= 4 is 23.1 Å². The highest BCUT2D eigenvalue weighted by Gasteiger charge is 2.23. The second-order valence-electron chi connectivity index (χ2n) is 7.88. The number of fused-ring (bicyclic) bond motifs is 1. The zero-order chi connectivity index (χ0) is 24.2. The number of amides is 1. The average Bonchev–Trinajstić information content (AvgIpc) is 3.34. The van der Waals surface area contributed by atoms with Gasteiger partial charge in [0.05, 0.1) is 24.6 Å². The molecule has 1 aromatic heterocycles. The van der Waals surface area contributed by atoms with E-state index in [4.69, 9.17) is 4.74 Å². The van der Waals surface area contributed by atoms with Crippen molar-refractivity contribution in [1.29, 1.82) is 0 Å². The zero-order valence-electron chi connectivity index (χ0n) is 18.4. The maximum atomic E-state index is 15.3. The standard InChI is InChI=1S/C26H21F2N5O2/c27-20-11-10-19(21-12-13-22-25(30-21)32-33-31-22)24(28)23(20)26(34)29-18-8-6-17(7-9-18)15-35-14-16-4-2-1-3-5-16/h1-13,31,33H,14-15H2,(H,29,34)(H,30,32). The van der Waals surface area contributed by atoms with Crippen molar-refractivity contribution in [2.75, 3.05) is 16.2 Å². The van der Waals surface area contributed by atoms with Crippen LogP contribution < -0.4 is 21.7 Å². The van der Waals surface area contributed by atoms with Crippen molar-refractivity contribution in [2.24, 2.45) is 0 Å². The molecule has 1 aliphatic rings. The molecule has 0 fully saturated rings. The second kappa shape index (κ2) is 9.88. The predicted molar refractivity (Wildman–Crippen MR) is 129 cm³/mol. The molecule has 1 amide bonds. The van der Waals surface area contributed by atoms with E-state index in [1.165, 1.54) is 6.07 Å². The Morgan fingerprint density at radius 2 is 1.60 bits per heavy atom. The van der Waals surface area contributed by atoms with Crippen LogP contribution in [0, 0.1) is 11.6 Å². The Bertz CT molecular complexity index is 1360. The first kappa shape index (κ1) is 22.5.